The highest BCUT2D eigenvalue weighted by molar-refractivity contribution is 7.91. The molecule has 3 aromatic heterocycles. The summed E-state index contributed by atoms with van der Waals surface area (Å²) < 4.78 is 31.9. The van der Waals surface area contributed by atoms with E-state index < -0.39 is 40.5 Å². The molecule has 1 aliphatic rings. The Morgan fingerprint density at radius 3 is 2.75 bits per heavy atom. The fourth-order valence-corrected chi connectivity index (χ4v) is 4.58. The van der Waals surface area contributed by atoms with Gasteiger partial charge in [-0.2, -0.15) is 0 Å². The smallest absolute Gasteiger partial charge is 0.176 e. The van der Waals surface area contributed by atoms with E-state index in [1.54, 1.807) is 0 Å². The Bertz CT molecular complexity index is 1250. The third-order valence-corrected chi connectivity index (χ3v) is 6.18. The summed E-state index contributed by atoms with van der Waals surface area (Å²) in [7, 11) is -3.64. The molecule has 4 N–H and O–H groups in total. The lowest BCUT2D eigenvalue weighted by Gasteiger charge is -2.27. The first-order chi connectivity index (χ1) is 13.1. The predicted molar refractivity (Wildman–Crippen MR) is 99.7 cm³/mol. The molecule has 1 saturated heterocycles. The van der Waals surface area contributed by atoms with Crippen molar-refractivity contribution in [2.45, 2.75) is 35.9 Å². The van der Waals surface area contributed by atoms with Crippen molar-refractivity contribution in [1.82, 2.24) is 19.5 Å². The van der Waals surface area contributed by atoms with Crippen molar-refractivity contribution < 1.29 is 28.5 Å². The molecule has 3 aromatic rings. The molecule has 10 nitrogen and oxygen atoms in total. The molecular weight excluding hydrogens is 388 g/mol. The second-order valence-corrected chi connectivity index (χ2v) is 9.17. The summed E-state index contributed by atoms with van der Waals surface area (Å²) >= 11 is 0. The number of nitrogens with one attached hydrogen (secondary N) is 1. The largest absolute Gasteiger partial charge is 0.394 e. The van der Waals surface area contributed by atoms with Crippen LogP contribution in [0.2, 0.25) is 0 Å². The molecule has 0 spiro atoms. The number of hydrogen-bond acceptors (Lipinski definition) is 8. The fraction of sp³-hybridized carbons (Fsp3) is 0.412. The van der Waals surface area contributed by atoms with Gasteiger partial charge in [-0.05, 0) is 13.0 Å². The topological polar surface area (TPSA) is 151 Å². The number of aliphatic hydroxyl groups excluding tert-OH is 2. The molecule has 0 bridgehead atoms. The molecule has 11 heteroatoms. The van der Waals surface area contributed by atoms with E-state index >= 15 is 0 Å². The highest BCUT2D eigenvalue weighted by atomic mass is 32.2. The molecule has 0 saturated carbocycles. The van der Waals surface area contributed by atoms with E-state index in [0.29, 0.717) is 27.4 Å². The van der Waals surface area contributed by atoms with E-state index in [9.17, 15) is 23.7 Å². The van der Waals surface area contributed by atoms with E-state index in [4.69, 9.17) is 4.74 Å². The predicted octanol–water partition coefficient (Wildman–Crippen LogP) is -0.991. The maximum Gasteiger partial charge on any atom is 0.176 e. The summed E-state index contributed by atoms with van der Waals surface area (Å²) in [5.74, 6) is 0. The van der Waals surface area contributed by atoms with Crippen molar-refractivity contribution in [2.24, 2.45) is 0 Å². The van der Waals surface area contributed by atoms with E-state index in [1.165, 1.54) is 30.1 Å². The minimum absolute atomic E-state index is 0.0131. The Morgan fingerprint density at radius 2 is 2.14 bits per heavy atom. The van der Waals surface area contributed by atoms with Crippen LogP contribution in [0.15, 0.2) is 23.5 Å². The first-order valence-corrected chi connectivity index (χ1v) is 10.3. The van der Waals surface area contributed by atoms with Gasteiger partial charge < -0.3 is 29.6 Å². The van der Waals surface area contributed by atoms with E-state index in [1.807, 2.05) is 0 Å². The van der Waals surface area contributed by atoms with Crippen LogP contribution in [0, 0.1) is 0 Å². The van der Waals surface area contributed by atoms with Crippen LogP contribution in [0.25, 0.3) is 28.6 Å². The van der Waals surface area contributed by atoms with Gasteiger partial charge in [-0.1, -0.05) is 6.58 Å². The number of nitrogens with zero attached hydrogens (tertiary/aromatic N) is 3. The number of aromatic amines is 1. The van der Waals surface area contributed by atoms with Crippen molar-refractivity contribution in [3.05, 3.63) is 23.9 Å². The molecule has 4 rings (SSSR count). The number of ether oxygens (including phenoxy) is 1. The van der Waals surface area contributed by atoms with Crippen LogP contribution in [0.1, 0.15) is 13.2 Å². The molecule has 0 amide bonds. The van der Waals surface area contributed by atoms with Crippen molar-refractivity contribution >= 4 is 38.5 Å². The standard InChI is InChI=1S/C17H20N4O6S/c1-8-4-11(28(3,25)26)9-5-21(15-12(9)14(20-8)18-7-19-15)16-17(2,24)13(23)10(6-22)27-16/h4-5,7,10,13,16,22-24H,1,6H2,2-3H3,(H,18,19,20)/t10-,13-,16-,17+/m1/s1. The van der Waals surface area contributed by atoms with Crippen LogP contribution in [0.3, 0.4) is 0 Å². The summed E-state index contributed by atoms with van der Waals surface area (Å²) in [6.07, 6.45) is 0.396. The molecule has 1 fully saturated rings. The monoisotopic (exact) mass is 408 g/mol. The molecule has 4 heterocycles. The zero-order valence-electron chi connectivity index (χ0n) is 15.2. The Morgan fingerprint density at radius 1 is 1.43 bits per heavy atom. The van der Waals surface area contributed by atoms with Crippen molar-refractivity contribution in [1.29, 1.82) is 0 Å². The van der Waals surface area contributed by atoms with E-state index in [0.717, 1.165) is 6.26 Å². The normalized spacial score (nSPS) is 28.4. The van der Waals surface area contributed by atoms with Crippen LogP contribution in [-0.4, -0.2) is 73.9 Å². The van der Waals surface area contributed by atoms with Gasteiger partial charge in [0.2, 0.25) is 0 Å². The summed E-state index contributed by atoms with van der Waals surface area (Å²) in [5, 5.41) is 31.6. The summed E-state index contributed by atoms with van der Waals surface area (Å²) in [6.45, 7) is 4.69. The Balaban J connectivity index is 2.10. The number of rotatable bonds is 3. The minimum atomic E-state index is -3.64. The van der Waals surface area contributed by atoms with Crippen LogP contribution in [0.5, 0.6) is 0 Å². The first kappa shape index (κ1) is 19.0. The van der Waals surface area contributed by atoms with Gasteiger partial charge in [-0.15, -0.1) is 0 Å². The van der Waals surface area contributed by atoms with Crippen LogP contribution >= 0.6 is 0 Å². The fourth-order valence-electron chi connectivity index (χ4n) is 3.67. The third kappa shape index (κ3) is 2.66. The lowest BCUT2D eigenvalue weighted by Crippen LogP contribution is -2.44. The maximum absolute atomic E-state index is 12.4. The number of aromatic nitrogens is 4. The van der Waals surface area contributed by atoms with Gasteiger partial charge in [0, 0.05) is 23.2 Å². The average molecular weight is 408 g/mol. The van der Waals surface area contributed by atoms with Gasteiger partial charge in [-0.25, -0.2) is 18.4 Å². The maximum atomic E-state index is 12.4. The van der Waals surface area contributed by atoms with E-state index in [2.05, 4.69) is 21.5 Å². The highest BCUT2D eigenvalue weighted by Gasteiger charge is 2.53. The summed E-state index contributed by atoms with van der Waals surface area (Å²) in [5.41, 5.74) is -1.10. The zero-order chi connectivity index (χ0) is 20.4. The molecule has 0 aliphatic carbocycles. The van der Waals surface area contributed by atoms with Crippen molar-refractivity contribution in [3.63, 3.8) is 0 Å². The van der Waals surface area contributed by atoms with Crippen molar-refractivity contribution in [3.8, 4) is 0 Å². The second kappa shape index (κ2) is 6.09. The van der Waals surface area contributed by atoms with Gasteiger partial charge in [-0.3, -0.25) is 0 Å². The van der Waals surface area contributed by atoms with Crippen molar-refractivity contribution in [2.75, 3.05) is 12.9 Å². The van der Waals surface area contributed by atoms with E-state index in [-0.39, 0.29) is 4.90 Å². The van der Waals surface area contributed by atoms with Crippen LogP contribution < -0.4 is 5.35 Å². The quantitative estimate of drug-likeness (QED) is 0.431. The number of sulfone groups is 1. The second-order valence-electron chi connectivity index (χ2n) is 7.18. The Kier molecular flexibility index (Phi) is 4.14. The highest BCUT2D eigenvalue weighted by Crippen LogP contribution is 2.41. The number of hydrogen-bond donors (Lipinski definition) is 4. The molecule has 4 atom stereocenters. The SMILES string of the molecule is C=c1cc(S(C)(=O)=O)c2cn([C@@H]3O[C@H](CO)[C@@H](O)[C@]3(C)O)c3ncnc([nH]1)c23. The lowest BCUT2D eigenvalue weighted by molar-refractivity contribution is -0.0947. The number of H-pyrrole nitrogens is 1. The van der Waals surface area contributed by atoms with Gasteiger partial charge in [0.15, 0.2) is 16.1 Å². The van der Waals surface area contributed by atoms with Gasteiger partial charge in [0.1, 0.15) is 35.4 Å². The third-order valence-electron chi connectivity index (χ3n) is 5.05. The van der Waals surface area contributed by atoms with Crippen LogP contribution in [-0.2, 0) is 14.6 Å². The average Bonchev–Trinajstić information content (AvgIpc) is 3.02. The molecule has 0 aromatic carbocycles. The first-order valence-electron chi connectivity index (χ1n) is 8.46. The summed E-state index contributed by atoms with van der Waals surface area (Å²) in [4.78, 5) is 11.4. The molecule has 1 aliphatic heterocycles. The minimum Gasteiger partial charge on any atom is -0.394 e. The molecular formula is C17H20N4O6S. The molecule has 0 radical (unpaired) electrons. The van der Waals surface area contributed by atoms with Gasteiger partial charge >= 0.3 is 0 Å². The lowest BCUT2D eigenvalue weighted by atomic mass is 9.96. The van der Waals surface area contributed by atoms with Crippen LogP contribution in [0.4, 0.5) is 0 Å². The molecule has 0 unspecified atom stereocenters. The molecule has 150 valence electrons. The van der Waals surface area contributed by atoms with Gasteiger partial charge in [0.05, 0.1) is 16.9 Å². The summed E-state index contributed by atoms with van der Waals surface area (Å²) in [6, 6.07) is 1.40. The zero-order valence-corrected chi connectivity index (χ0v) is 16.0. The van der Waals surface area contributed by atoms with Gasteiger partial charge in [0.25, 0.3) is 0 Å². The number of aliphatic hydroxyl groups is 3. The molecule has 28 heavy (non-hydrogen) atoms. The Labute approximate surface area is 159 Å². The Hall–Kier alpha value is -2.31.